The van der Waals surface area contributed by atoms with Crippen molar-refractivity contribution in [2.24, 2.45) is 5.92 Å². The van der Waals surface area contributed by atoms with Gasteiger partial charge in [-0.15, -0.1) is 0 Å². The molecule has 0 aromatic rings. The molecule has 0 saturated heterocycles. The average Bonchev–Trinajstić information content (AvgIpc) is 2.31. The fourth-order valence-electron chi connectivity index (χ4n) is 1.19. The zero-order valence-corrected chi connectivity index (χ0v) is 11.7. The first-order valence-corrected chi connectivity index (χ1v) is 6.02. The number of methoxy groups -OCH3 is 1. The predicted molar refractivity (Wildman–Crippen MR) is 68.0 cm³/mol. The van der Waals surface area contributed by atoms with Crippen molar-refractivity contribution in [2.75, 3.05) is 20.2 Å². The van der Waals surface area contributed by atoms with Gasteiger partial charge in [0.05, 0.1) is 13.2 Å². The van der Waals surface area contributed by atoms with Crippen LogP contribution in [0.4, 0.5) is 0 Å². The molecule has 2 unspecified atom stereocenters. The van der Waals surface area contributed by atoms with E-state index in [0.29, 0.717) is 12.5 Å². The smallest absolute Gasteiger partial charge is 0.338 e. The summed E-state index contributed by atoms with van der Waals surface area (Å²) in [6, 6.07) is -0.486. The highest BCUT2D eigenvalue weighted by atomic mass is 16.5. The van der Waals surface area contributed by atoms with Crippen molar-refractivity contribution in [1.82, 2.24) is 10.6 Å². The lowest BCUT2D eigenvalue weighted by Gasteiger charge is -2.23. The number of aliphatic hydroxyl groups is 1. The summed E-state index contributed by atoms with van der Waals surface area (Å²) < 4.78 is 4.46. The minimum Gasteiger partial charge on any atom is -0.467 e. The van der Waals surface area contributed by atoms with Gasteiger partial charge in [0.2, 0.25) is 5.91 Å². The second kappa shape index (κ2) is 7.33. The molecule has 1 amide bonds. The number of amides is 1. The number of rotatable bonds is 7. The lowest BCUT2D eigenvalue weighted by Crippen LogP contribution is -2.51. The van der Waals surface area contributed by atoms with Crippen LogP contribution in [-0.4, -0.2) is 48.8 Å². The molecule has 0 aliphatic rings. The second-order valence-electron chi connectivity index (χ2n) is 5.01. The summed E-state index contributed by atoms with van der Waals surface area (Å²) in [4.78, 5) is 22.9. The van der Waals surface area contributed by atoms with E-state index >= 15 is 0 Å². The van der Waals surface area contributed by atoms with Crippen LogP contribution in [0.3, 0.4) is 0 Å². The lowest BCUT2D eigenvalue weighted by atomic mass is 10.1. The molecule has 0 spiro atoms. The van der Waals surface area contributed by atoms with Gasteiger partial charge in [0, 0.05) is 13.1 Å². The molecule has 6 nitrogen and oxygen atoms in total. The number of carbonyl (C=O) groups is 2. The standard InChI is InChI=1S/C12H24N2O4/c1-8(2)6-13-10(15)9(3)14-7-12(4,17)11(16)18-5/h8-9,14,17H,6-7H2,1-5H3,(H,13,15). The molecule has 18 heavy (non-hydrogen) atoms. The summed E-state index contributed by atoms with van der Waals surface area (Å²) >= 11 is 0. The summed E-state index contributed by atoms with van der Waals surface area (Å²) in [7, 11) is 1.20. The fourth-order valence-corrected chi connectivity index (χ4v) is 1.19. The third-order valence-electron chi connectivity index (χ3n) is 2.46. The first kappa shape index (κ1) is 16.9. The molecule has 106 valence electrons. The molecule has 0 radical (unpaired) electrons. The topological polar surface area (TPSA) is 87.7 Å². The van der Waals surface area contributed by atoms with Crippen LogP contribution in [0, 0.1) is 5.92 Å². The summed E-state index contributed by atoms with van der Waals surface area (Å²) in [6.45, 7) is 7.56. The van der Waals surface area contributed by atoms with Gasteiger partial charge < -0.3 is 20.5 Å². The number of hydrogen-bond acceptors (Lipinski definition) is 5. The molecule has 0 aromatic heterocycles. The van der Waals surface area contributed by atoms with Crippen LogP contribution in [0.15, 0.2) is 0 Å². The molecule has 2 atom stereocenters. The molecule has 6 heteroatoms. The van der Waals surface area contributed by atoms with E-state index in [2.05, 4.69) is 15.4 Å². The van der Waals surface area contributed by atoms with Gasteiger partial charge in [0.1, 0.15) is 0 Å². The maximum absolute atomic E-state index is 11.6. The molecule has 0 heterocycles. The number of nitrogens with one attached hydrogen (secondary N) is 2. The number of hydrogen-bond donors (Lipinski definition) is 3. The first-order valence-electron chi connectivity index (χ1n) is 6.02. The molecule has 0 aliphatic carbocycles. The van der Waals surface area contributed by atoms with Gasteiger partial charge >= 0.3 is 5.97 Å². The normalized spacial score (nSPS) is 15.9. The molecule has 3 N–H and O–H groups in total. The Labute approximate surface area is 108 Å². The minimum absolute atomic E-state index is 0.0457. The van der Waals surface area contributed by atoms with Crippen LogP contribution in [0.25, 0.3) is 0 Å². The third-order valence-corrected chi connectivity index (χ3v) is 2.46. The summed E-state index contributed by atoms with van der Waals surface area (Å²) in [5, 5.41) is 15.3. The highest BCUT2D eigenvalue weighted by molar-refractivity contribution is 5.82. The van der Waals surface area contributed by atoms with Crippen molar-refractivity contribution >= 4 is 11.9 Å². The molecule has 0 aromatic carbocycles. The van der Waals surface area contributed by atoms with E-state index in [1.54, 1.807) is 6.92 Å². The van der Waals surface area contributed by atoms with Gasteiger partial charge in [0.15, 0.2) is 5.60 Å². The highest BCUT2D eigenvalue weighted by Crippen LogP contribution is 2.04. The molecular weight excluding hydrogens is 236 g/mol. The Hall–Kier alpha value is -1.14. The van der Waals surface area contributed by atoms with Crippen molar-refractivity contribution in [3.05, 3.63) is 0 Å². The van der Waals surface area contributed by atoms with Crippen LogP contribution in [0.1, 0.15) is 27.7 Å². The molecular formula is C12H24N2O4. The Morgan fingerprint density at radius 3 is 2.33 bits per heavy atom. The summed E-state index contributed by atoms with van der Waals surface area (Å²) in [5.41, 5.74) is -1.64. The summed E-state index contributed by atoms with van der Waals surface area (Å²) in [6.07, 6.45) is 0. The van der Waals surface area contributed by atoms with Crippen LogP contribution >= 0.6 is 0 Å². The van der Waals surface area contributed by atoms with Gasteiger partial charge in [-0.25, -0.2) is 4.79 Å². The Morgan fingerprint density at radius 2 is 1.89 bits per heavy atom. The number of carbonyl (C=O) groups excluding carboxylic acids is 2. The van der Waals surface area contributed by atoms with E-state index in [1.165, 1.54) is 14.0 Å². The third kappa shape index (κ3) is 5.97. The predicted octanol–water partition coefficient (Wildman–Crippen LogP) is -0.339. The van der Waals surface area contributed by atoms with E-state index < -0.39 is 17.6 Å². The maximum Gasteiger partial charge on any atom is 0.338 e. The van der Waals surface area contributed by atoms with Crippen LogP contribution in [0.2, 0.25) is 0 Å². The summed E-state index contributed by atoms with van der Waals surface area (Å²) in [5.74, 6) is -0.520. The van der Waals surface area contributed by atoms with Gasteiger partial charge in [-0.05, 0) is 19.8 Å². The Kier molecular flexibility index (Phi) is 6.86. The van der Waals surface area contributed by atoms with E-state index in [-0.39, 0.29) is 12.5 Å². The van der Waals surface area contributed by atoms with E-state index in [4.69, 9.17) is 0 Å². The van der Waals surface area contributed by atoms with Crippen LogP contribution in [-0.2, 0) is 14.3 Å². The first-order chi connectivity index (χ1) is 8.20. The van der Waals surface area contributed by atoms with Gasteiger partial charge in [-0.3, -0.25) is 4.79 Å². The highest BCUT2D eigenvalue weighted by Gasteiger charge is 2.32. The number of esters is 1. The van der Waals surface area contributed by atoms with Crippen molar-refractivity contribution in [3.8, 4) is 0 Å². The fraction of sp³-hybridized carbons (Fsp3) is 0.833. The number of ether oxygens (including phenoxy) is 1. The molecule has 0 bridgehead atoms. The van der Waals surface area contributed by atoms with Crippen LogP contribution < -0.4 is 10.6 Å². The maximum atomic E-state index is 11.6. The van der Waals surface area contributed by atoms with E-state index in [9.17, 15) is 14.7 Å². The second-order valence-corrected chi connectivity index (χ2v) is 5.01. The Balaban J connectivity index is 4.13. The SMILES string of the molecule is COC(=O)C(C)(O)CNC(C)C(=O)NCC(C)C. The lowest BCUT2D eigenvalue weighted by molar-refractivity contribution is -0.160. The van der Waals surface area contributed by atoms with Crippen molar-refractivity contribution < 1.29 is 19.4 Å². The van der Waals surface area contributed by atoms with Crippen LogP contribution in [0.5, 0.6) is 0 Å². The van der Waals surface area contributed by atoms with Gasteiger partial charge in [-0.2, -0.15) is 0 Å². The Bertz CT molecular complexity index is 290. The molecule has 0 saturated carbocycles. The minimum atomic E-state index is -1.64. The quantitative estimate of drug-likeness (QED) is 0.545. The van der Waals surface area contributed by atoms with E-state index in [0.717, 1.165) is 0 Å². The van der Waals surface area contributed by atoms with Gasteiger partial charge in [-0.1, -0.05) is 13.8 Å². The van der Waals surface area contributed by atoms with Gasteiger partial charge in [0.25, 0.3) is 0 Å². The zero-order chi connectivity index (χ0) is 14.3. The molecule has 0 fully saturated rings. The molecule has 0 aliphatic heterocycles. The zero-order valence-electron chi connectivity index (χ0n) is 11.7. The average molecular weight is 260 g/mol. The van der Waals surface area contributed by atoms with Crippen molar-refractivity contribution in [3.63, 3.8) is 0 Å². The monoisotopic (exact) mass is 260 g/mol. The largest absolute Gasteiger partial charge is 0.467 e. The molecule has 0 rings (SSSR count). The Morgan fingerprint density at radius 1 is 1.33 bits per heavy atom. The van der Waals surface area contributed by atoms with E-state index in [1.807, 2.05) is 13.8 Å². The van der Waals surface area contributed by atoms with Crippen molar-refractivity contribution in [1.29, 1.82) is 0 Å². The van der Waals surface area contributed by atoms with Crippen molar-refractivity contribution in [2.45, 2.75) is 39.3 Å².